The summed E-state index contributed by atoms with van der Waals surface area (Å²) >= 11 is 0. The second-order valence-electron chi connectivity index (χ2n) is 4.65. The Morgan fingerprint density at radius 3 is 2.94 bits per heavy atom. The van der Waals surface area contributed by atoms with Gasteiger partial charge in [-0.1, -0.05) is 12.1 Å². The molecule has 4 nitrogen and oxygen atoms in total. The summed E-state index contributed by atoms with van der Waals surface area (Å²) in [6.45, 7) is 5.07. The Labute approximate surface area is 107 Å². The average molecular weight is 249 g/mol. The van der Waals surface area contributed by atoms with Crippen LogP contribution in [0.5, 0.6) is 0 Å². The van der Waals surface area contributed by atoms with E-state index in [9.17, 15) is 4.79 Å². The number of carbonyl (C=O) groups is 1. The Hall–Kier alpha value is -1.39. The van der Waals surface area contributed by atoms with Crippen molar-refractivity contribution in [2.75, 3.05) is 24.7 Å². The van der Waals surface area contributed by atoms with E-state index in [4.69, 9.17) is 9.84 Å². The molecule has 0 saturated carbocycles. The number of nitrogens with zero attached hydrogens (tertiary/aromatic N) is 1. The molecule has 1 unspecified atom stereocenters. The van der Waals surface area contributed by atoms with Gasteiger partial charge < -0.3 is 14.7 Å². The van der Waals surface area contributed by atoms with E-state index in [1.165, 1.54) is 0 Å². The van der Waals surface area contributed by atoms with Gasteiger partial charge in [-0.25, -0.2) is 0 Å². The van der Waals surface area contributed by atoms with Crippen molar-refractivity contribution in [3.05, 3.63) is 29.3 Å². The van der Waals surface area contributed by atoms with E-state index in [1.54, 1.807) is 4.90 Å². The number of amides is 1. The van der Waals surface area contributed by atoms with E-state index in [2.05, 4.69) is 0 Å². The molecule has 1 aromatic rings. The lowest BCUT2D eigenvalue weighted by Crippen LogP contribution is -2.48. The van der Waals surface area contributed by atoms with Crippen molar-refractivity contribution in [2.45, 2.75) is 26.4 Å². The molecule has 0 bridgehead atoms. The number of rotatable bonds is 3. The molecule has 0 aromatic heterocycles. The van der Waals surface area contributed by atoms with Crippen LogP contribution in [0.2, 0.25) is 0 Å². The number of hydrogen-bond donors (Lipinski definition) is 1. The van der Waals surface area contributed by atoms with Crippen molar-refractivity contribution in [1.29, 1.82) is 0 Å². The van der Waals surface area contributed by atoms with Crippen LogP contribution in [0.15, 0.2) is 18.2 Å². The maximum atomic E-state index is 12.3. The SMILES string of the molecule is Cc1ccc(C)c(N2CCOC(CCO)C2=O)c1. The number of hydrogen-bond acceptors (Lipinski definition) is 3. The van der Waals surface area contributed by atoms with E-state index in [0.29, 0.717) is 19.6 Å². The van der Waals surface area contributed by atoms with Crippen molar-refractivity contribution >= 4 is 11.6 Å². The molecule has 1 saturated heterocycles. The number of morpholine rings is 1. The zero-order valence-electron chi connectivity index (χ0n) is 10.8. The monoisotopic (exact) mass is 249 g/mol. The van der Waals surface area contributed by atoms with Crippen LogP contribution in [0.3, 0.4) is 0 Å². The van der Waals surface area contributed by atoms with E-state index < -0.39 is 6.10 Å². The predicted octanol–water partition coefficient (Wildman–Crippen LogP) is 1.42. The number of aliphatic hydroxyl groups excluding tert-OH is 1. The number of ether oxygens (including phenoxy) is 1. The fourth-order valence-electron chi connectivity index (χ4n) is 2.21. The Bertz CT molecular complexity index is 443. The van der Waals surface area contributed by atoms with E-state index in [0.717, 1.165) is 16.8 Å². The molecule has 1 heterocycles. The molecule has 1 N–H and O–H groups in total. The Balaban J connectivity index is 2.26. The summed E-state index contributed by atoms with van der Waals surface area (Å²) in [5.41, 5.74) is 3.17. The summed E-state index contributed by atoms with van der Waals surface area (Å²) in [4.78, 5) is 14.0. The lowest BCUT2D eigenvalue weighted by Gasteiger charge is -2.33. The summed E-state index contributed by atoms with van der Waals surface area (Å²) in [6, 6.07) is 6.08. The van der Waals surface area contributed by atoms with Gasteiger partial charge >= 0.3 is 0 Å². The molecule has 1 amide bonds. The van der Waals surface area contributed by atoms with Gasteiger partial charge in [0.25, 0.3) is 5.91 Å². The minimum Gasteiger partial charge on any atom is -0.396 e. The average Bonchev–Trinajstić information content (AvgIpc) is 2.35. The third-order valence-electron chi connectivity index (χ3n) is 3.22. The zero-order chi connectivity index (χ0) is 13.1. The summed E-state index contributed by atoms with van der Waals surface area (Å²) in [5, 5.41) is 8.94. The smallest absolute Gasteiger partial charge is 0.256 e. The fourth-order valence-corrected chi connectivity index (χ4v) is 2.21. The summed E-state index contributed by atoms with van der Waals surface area (Å²) in [7, 11) is 0. The van der Waals surface area contributed by atoms with Crippen molar-refractivity contribution in [3.8, 4) is 0 Å². The summed E-state index contributed by atoms with van der Waals surface area (Å²) in [5.74, 6) is -0.0519. The van der Waals surface area contributed by atoms with Crippen LogP contribution >= 0.6 is 0 Å². The quantitative estimate of drug-likeness (QED) is 0.881. The Morgan fingerprint density at radius 2 is 2.22 bits per heavy atom. The van der Waals surface area contributed by atoms with E-state index >= 15 is 0 Å². The maximum Gasteiger partial charge on any atom is 0.256 e. The number of aliphatic hydroxyl groups is 1. The standard InChI is InChI=1S/C14H19NO3/c1-10-3-4-11(2)12(9-10)15-6-8-18-13(5-7-16)14(15)17/h3-4,9,13,16H,5-8H2,1-2H3. The zero-order valence-corrected chi connectivity index (χ0v) is 10.8. The molecule has 1 atom stereocenters. The van der Waals surface area contributed by atoms with Crippen LogP contribution in [0.25, 0.3) is 0 Å². The highest BCUT2D eigenvalue weighted by Crippen LogP contribution is 2.25. The van der Waals surface area contributed by atoms with Gasteiger partial charge in [0.05, 0.1) is 6.61 Å². The Morgan fingerprint density at radius 1 is 1.44 bits per heavy atom. The number of aryl methyl sites for hydroxylation is 2. The van der Waals surface area contributed by atoms with Gasteiger partial charge in [-0.3, -0.25) is 4.79 Å². The minimum atomic E-state index is -0.510. The fraction of sp³-hybridized carbons (Fsp3) is 0.500. The molecule has 18 heavy (non-hydrogen) atoms. The van der Waals surface area contributed by atoms with Crippen LogP contribution in [0.1, 0.15) is 17.5 Å². The second-order valence-corrected chi connectivity index (χ2v) is 4.65. The normalized spacial score (nSPS) is 20.3. The third kappa shape index (κ3) is 2.54. The highest BCUT2D eigenvalue weighted by Gasteiger charge is 2.30. The molecule has 0 aliphatic carbocycles. The van der Waals surface area contributed by atoms with E-state index in [1.807, 2.05) is 32.0 Å². The number of anilines is 1. The molecular formula is C14H19NO3. The molecule has 2 rings (SSSR count). The Kier molecular flexibility index (Phi) is 3.99. The molecule has 1 aliphatic heterocycles. The van der Waals surface area contributed by atoms with Gasteiger partial charge in [-0.2, -0.15) is 0 Å². The molecule has 4 heteroatoms. The van der Waals surface area contributed by atoms with Gasteiger partial charge in [0, 0.05) is 25.3 Å². The van der Waals surface area contributed by atoms with Crippen molar-refractivity contribution < 1.29 is 14.6 Å². The van der Waals surface area contributed by atoms with Gasteiger partial charge in [0.2, 0.25) is 0 Å². The highest BCUT2D eigenvalue weighted by atomic mass is 16.5. The van der Waals surface area contributed by atoms with Crippen LogP contribution in [-0.4, -0.2) is 36.9 Å². The molecule has 1 fully saturated rings. The lowest BCUT2D eigenvalue weighted by atomic mass is 10.1. The first-order valence-corrected chi connectivity index (χ1v) is 6.24. The summed E-state index contributed by atoms with van der Waals surface area (Å²) in [6.07, 6.45) is -0.149. The minimum absolute atomic E-state index is 0.0307. The topological polar surface area (TPSA) is 49.8 Å². The molecule has 1 aliphatic rings. The molecule has 98 valence electrons. The molecule has 1 aromatic carbocycles. The van der Waals surface area contributed by atoms with Crippen molar-refractivity contribution in [1.82, 2.24) is 0 Å². The largest absolute Gasteiger partial charge is 0.396 e. The van der Waals surface area contributed by atoms with E-state index in [-0.39, 0.29) is 12.5 Å². The van der Waals surface area contributed by atoms with Crippen LogP contribution in [0, 0.1) is 13.8 Å². The first kappa shape index (κ1) is 13.1. The highest BCUT2D eigenvalue weighted by molar-refractivity contribution is 5.97. The molecule has 0 radical (unpaired) electrons. The predicted molar refractivity (Wildman–Crippen MR) is 69.7 cm³/mol. The summed E-state index contributed by atoms with van der Waals surface area (Å²) < 4.78 is 5.40. The maximum absolute atomic E-state index is 12.3. The second kappa shape index (κ2) is 5.50. The van der Waals surface area contributed by atoms with Crippen LogP contribution < -0.4 is 4.90 Å². The van der Waals surface area contributed by atoms with Crippen LogP contribution in [0.4, 0.5) is 5.69 Å². The molecule has 0 spiro atoms. The van der Waals surface area contributed by atoms with Crippen LogP contribution in [-0.2, 0) is 9.53 Å². The van der Waals surface area contributed by atoms with Gasteiger partial charge in [-0.15, -0.1) is 0 Å². The van der Waals surface area contributed by atoms with Gasteiger partial charge in [0.1, 0.15) is 6.10 Å². The third-order valence-corrected chi connectivity index (χ3v) is 3.22. The van der Waals surface area contributed by atoms with Gasteiger partial charge in [0.15, 0.2) is 0 Å². The van der Waals surface area contributed by atoms with Gasteiger partial charge in [-0.05, 0) is 31.0 Å². The first-order valence-electron chi connectivity index (χ1n) is 6.24. The number of benzene rings is 1. The lowest BCUT2D eigenvalue weighted by molar-refractivity contribution is -0.134. The van der Waals surface area contributed by atoms with Crippen molar-refractivity contribution in [2.24, 2.45) is 0 Å². The first-order chi connectivity index (χ1) is 8.63. The number of carbonyl (C=O) groups excluding carboxylic acids is 1. The van der Waals surface area contributed by atoms with Crippen molar-refractivity contribution in [3.63, 3.8) is 0 Å². The molecular weight excluding hydrogens is 230 g/mol.